The highest BCUT2D eigenvalue weighted by Crippen LogP contribution is 2.26. The van der Waals surface area contributed by atoms with Crippen LogP contribution < -0.4 is 26.0 Å². The molecular formula is C42H48F2N10O7. The summed E-state index contributed by atoms with van der Waals surface area (Å²) in [6, 6.07) is 9.10. The lowest BCUT2D eigenvalue weighted by molar-refractivity contribution is 0.0254. The van der Waals surface area contributed by atoms with Crippen LogP contribution in [0.5, 0.6) is 5.88 Å². The fourth-order valence-corrected chi connectivity index (χ4v) is 5.74. The number of carbonyl (C=O) groups excluding carboxylic acids is 2. The van der Waals surface area contributed by atoms with Gasteiger partial charge in [0.25, 0.3) is 11.8 Å². The van der Waals surface area contributed by atoms with Crippen LogP contribution in [-0.2, 0) is 9.47 Å². The van der Waals surface area contributed by atoms with E-state index in [0.29, 0.717) is 54.5 Å². The van der Waals surface area contributed by atoms with E-state index in [1.165, 1.54) is 44.0 Å². The van der Waals surface area contributed by atoms with Gasteiger partial charge in [-0.05, 0) is 36.1 Å². The number of rotatable bonds is 10. The molecule has 3 aromatic heterocycles. The number of morpholine rings is 2. The molecule has 2 fully saturated rings. The minimum atomic E-state index is -1.04. The van der Waals surface area contributed by atoms with Gasteiger partial charge in [-0.2, -0.15) is 0 Å². The maximum absolute atomic E-state index is 14.4. The number of ether oxygens (including phenoxy) is 3. The van der Waals surface area contributed by atoms with Gasteiger partial charge in [0.05, 0.1) is 68.7 Å². The largest absolute Gasteiger partial charge is 0.480 e. The third kappa shape index (κ3) is 13.3. The number of hydrogen-bond acceptors (Lipinski definition) is 14. The molecule has 0 aliphatic carbocycles. The van der Waals surface area contributed by atoms with Crippen molar-refractivity contribution in [1.29, 1.82) is 0 Å². The Morgan fingerprint density at radius 2 is 1.13 bits per heavy atom. The Morgan fingerprint density at radius 1 is 0.689 bits per heavy atom. The molecule has 2 amide bonds. The van der Waals surface area contributed by atoms with E-state index in [0.717, 1.165) is 18.8 Å². The fraction of sp³-hybridized carbons (Fsp3) is 0.357. The van der Waals surface area contributed by atoms with Crippen molar-refractivity contribution in [2.75, 3.05) is 57.1 Å². The van der Waals surface area contributed by atoms with Crippen molar-refractivity contribution in [3.8, 4) is 5.88 Å². The first-order chi connectivity index (χ1) is 29.3. The van der Waals surface area contributed by atoms with E-state index in [2.05, 4.69) is 51.2 Å². The third-order valence-electron chi connectivity index (χ3n) is 9.06. The summed E-state index contributed by atoms with van der Waals surface area (Å²) in [5.41, 5.74) is 3.36. The molecule has 61 heavy (non-hydrogen) atoms. The van der Waals surface area contributed by atoms with E-state index < -0.39 is 29.4 Å². The first-order valence-electron chi connectivity index (χ1n) is 19.4. The van der Waals surface area contributed by atoms with Gasteiger partial charge in [-0.3, -0.25) is 24.5 Å². The second-order valence-corrected chi connectivity index (χ2v) is 14.2. The number of carbonyl (C=O) groups is 3. The number of nitrogens with one attached hydrogen (secondary N) is 4. The number of benzene rings is 2. The van der Waals surface area contributed by atoms with Crippen LogP contribution in [0.4, 0.5) is 20.2 Å². The maximum atomic E-state index is 14.4. The fourth-order valence-electron chi connectivity index (χ4n) is 5.74. The number of aromatic nitrogens is 6. The van der Waals surface area contributed by atoms with Crippen LogP contribution in [-0.4, -0.2) is 99.3 Å². The summed E-state index contributed by atoms with van der Waals surface area (Å²) in [6.07, 6.45) is 7.92. The topological polar surface area (TPSA) is 225 Å². The lowest BCUT2D eigenvalue weighted by atomic mass is 10.1. The van der Waals surface area contributed by atoms with E-state index in [1.807, 2.05) is 27.7 Å². The number of hydrogen-bond donors (Lipinski definition) is 5. The Balaban J connectivity index is 0.000000184. The molecule has 2 aliphatic heterocycles. The van der Waals surface area contributed by atoms with Gasteiger partial charge in [0.15, 0.2) is 11.4 Å². The van der Waals surface area contributed by atoms with Gasteiger partial charge >= 0.3 is 5.97 Å². The molecular weight excluding hydrogens is 795 g/mol. The number of aromatic carboxylic acids is 1. The summed E-state index contributed by atoms with van der Waals surface area (Å²) in [4.78, 5) is 58.8. The lowest BCUT2D eigenvalue weighted by Crippen LogP contribution is -2.33. The molecule has 19 heteroatoms. The molecule has 5 N–H and O–H groups in total. The monoisotopic (exact) mass is 842 g/mol. The van der Waals surface area contributed by atoms with Gasteiger partial charge in [0, 0.05) is 61.1 Å². The molecule has 0 unspecified atom stereocenters. The summed E-state index contributed by atoms with van der Waals surface area (Å²) in [7, 11) is 1.43. The van der Waals surface area contributed by atoms with Crippen LogP contribution in [0, 0.1) is 11.6 Å². The van der Waals surface area contributed by atoms with Gasteiger partial charge in [-0.25, -0.2) is 28.5 Å². The van der Waals surface area contributed by atoms with E-state index in [1.54, 1.807) is 36.7 Å². The first kappa shape index (κ1) is 45.7. The molecule has 2 atom stereocenters. The summed E-state index contributed by atoms with van der Waals surface area (Å²) in [5, 5.41) is 20.2. The van der Waals surface area contributed by atoms with Crippen molar-refractivity contribution in [3.63, 3.8) is 0 Å². The molecule has 0 radical (unpaired) electrons. The van der Waals surface area contributed by atoms with Gasteiger partial charge < -0.3 is 40.6 Å². The minimum absolute atomic E-state index is 0.00111. The summed E-state index contributed by atoms with van der Waals surface area (Å²) < 4.78 is 44.7. The van der Waals surface area contributed by atoms with E-state index in [4.69, 9.17) is 19.3 Å². The highest BCUT2D eigenvalue weighted by Gasteiger charge is 2.22. The number of carboxylic acid groups (broad SMARTS) is 1. The molecule has 2 aromatic carbocycles. The zero-order chi connectivity index (χ0) is 43.9. The smallest absolute Gasteiger partial charge is 0.356 e. The van der Waals surface area contributed by atoms with Crippen molar-refractivity contribution in [1.82, 2.24) is 40.5 Å². The van der Waals surface area contributed by atoms with Crippen LogP contribution >= 0.6 is 0 Å². The number of halogens is 2. The maximum Gasteiger partial charge on any atom is 0.356 e. The van der Waals surface area contributed by atoms with Crippen LogP contribution in [0.3, 0.4) is 0 Å². The second kappa shape index (κ2) is 22.3. The molecule has 0 spiro atoms. The molecule has 0 saturated carbocycles. The van der Waals surface area contributed by atoms with Crippen LogP contribution in [0.15, 0.2) is 73.6 Å². The quantitative estimate of drug-likeness (QED) is 0.117. The Hall–Kier alpha value is -6.41. The summed E-state index contributed by atoms with van der Waals surface area (Å²) in [5.74, 6) is -2.19. The average molecular weight is 843 g/mol. The summed E-state index contributed by atoms with van der Waals surface area (Å²) in [6.45, 7) is 11.6. The zero-order valence-electron chi connectivity index (χ0n) is 34.3. The predicted octanol–water partition coefficient (Wildman–Crippen LogP) is 5.49. The van der Waals surface area contributed by atoms with Crippen LogP contribution in [0.1, 0.15) is 106 Å². The van der Waals surface area contributed by atoms with Gasteiger partial charge in [0.2, 0.25) is 5.88 Å². The molecule has 7 rings (SSSR count). The van der Waals surface area contributed by atoms with Gasteiger partial charge in [-0.15, -0.1) is 0 Å². The molecule has 0 bridgehead atoms. The Bertz CT molecular complexity index is 2270. The number of amides is 2. The van der Waals surface area contributed by atoms with Crippen molar-refractivity contribution < 1.29 is 42.5 Å². The molecule has 5 heterocycles. The van der Waals surface area contributed by atoms with Gasteiger partial charge in [-0.1, -0.05) is 39.8 Å². The SMILES string of the molecule is CC(C)c1cncc(C(=O)Nc2ccc([C@H]3CNCCO3)c(F)c2)n1.CC(C)c1cncc(C(=O)O)n1.COc1cncc(C(=O)Nc2ccc([C@H]3CNCCO3)c(F)c2)n1. The molecule has 322 valence electrons. The van der Waals surface area contributed by atoms with Crippen molar-refractivity contribution >= 4 is 29.2 Å². The number of nitrogens with zero attached hydrogens (tertiary/aromatic N) is 6. The van der Waals surface area contributed by atoms with Crippen molar-refractivity contribution in [3.05, 3.63) is 125 Å². The van der Waals surface area contributed by atoms with E-state index in [9.17, 15) is 23.2 Å². The molecule has 5 aromatic rings. The summed E-state index contributed by atoms with van der Waals surface area (Å²) >= 11 is 0. The lowest BCUT2D eigenvalue weighted by Gasteiger charge is -2.24. The Morgan fingerprint density at radius 3 is 1.54 bits per heavy atom. The number of carboxylic acids is 1. The Kier molecular flexibility index (Phi) is 16.7. The highest BCUT2D eigenvalue weighted by molar-refractivity contribution is 6.03. The Labute approximate surface area is 351 Å². The van der Waals surface area contributed by atoms with Crippen molar-refractivity contribution in [2.24, 2.45) is 0 Å². The van der Waals surface area contributed by atoms with Crippen LogP contribution in [0.25, 0.3) is 0 Å². The van der Waals surface area contributed by atoms with E-state index >= 15 is 0 Å². The first-order valence-corrected chi connectivity index (χ1v) is 19.4. The van der Waals surface area contributed by atoms with Gasteiger partial charge in [0.1, 0.15) is 17.3 Å². The standard InChI is InChI=1S/C18H21FN4O2.C16H17FN4O3.C8H10N2O2/c1-11(2)15-8-21-9-16(23-15)18(24)22-12-3-4-13(14(19)7-12)17-10-20-5-6-25-17;1-23-15-9-19-7-13(21-15)16(22)20-10-2-3-11(12(17)6-10)14-8-18-4-5-24-14;1-5(2)6-3-9-4-7(10-6)8(11)12/h3-4,7-9,11,17,20H,5-6,10H2,1-2H3,(H,22,24);2-3,6-7,9,14,18H,4-5,8H2,1H3,(H,20,22);3-5H,1-2H3,(H,11,12)/t17-;14-;/m11./s1. The van der Waals surface area contributed by atoms with Crippen LogP contribution in [0.2, 0.25) is 0 Å². The number of methoxy groups -OCH3 is 1. The number of anilines is 2. The normalized spacial score (nSPS) is 16.0. The zero-order valence-corrected chi connectivity index (χ0v) is 34.3. The molecule has 17 nitrogen and oxygen atoms in total. The predicted molar refractivity (Wildman–Crippen MR) is 220 cm³/mol. The highest BCUT2D eigenvalue weighted by atomic mass is 19.1. The van der Waals surface area contributed by atoms with E-state index in [-0.39, 0.29) is 47.0 Å². The van der Waals surface area contributed by atoms with Crippen molar-refractivity contribution in [2.45, 2.75) is 51.7 Å². The minimum Gasteiger partial charge on any atom is -0.480 e. The molecule has 2 aliphatic rings. The second-order valence-electron chi connectivity index (χ2n) is 14.2. The third-order valence-corrected chi connectivity index (χ3v) is 9.06. The molecule has 2 saturated heterocycles. The average Bonchev–Trinajstić information content (AvgIpc) is 3.27.